The summed E-state index contributed by atoms with van der Waals surface area (Å²) in [5.74, 6) is -0.181. The first-order valence-corrected chi connectivity index (χ1v) is 11.5. The average molecular weight is 481 g/mol. The zero-order valence-corrected chi connectivity index (χ0v) is 19.7. The minimum atomic E-state index is -0.991. The predicted molar refractivity (Wildman–Crippen MR) is 128 cm³/mol. The zero-order chi connectivity index (χ0) is 24.0. The molecule has 1 fully saturated rings. The molecule has 2 aliphatic rings. The summed E-state index contributed by atoms with van der Waals surface area (Å²) in [5, 5.41) is 18.1. The van der Waals surface area contributed by atoms with Crippen LogP contribution in [-0.2, 0) is 18.5 Å². The highest BCUT2D eigenvalue weighted by Gasteiger charge is 2.45. The van der Waals surface area contributed by atoms with Crippen LogP contribution in [-0.4, -0.2) is 56.9 Å². The molecule has 10 heteroatoms. The van der Waals surface area contributed by atoms with Crippen molar-refractivity contribution in [1.29, 1.82) is 0 Å². The molecule has 2 amide bonds. The van der Waals surface area contributed by atoms with E-state index in [0.29, 0.717) is 48.9 Å². The number of aromatic nitrogens is 3. The lowest BCUT2D eigenvalue weighted by molar-refractivity contribution is 0.0983. The Kier molecular flexibility index (Phi) is 5.53. The molecule has 2 aliphatic heterocycles. The molecule has 1 atom stereocenters. The molecule has 34 heavy (non-hydrogen) atoms. The summed E-state index contributed by atoms with van der Waals surface area (Å²) in [6, 6.07) is 9.22. The number of amides is 2. The Morgan fingerprint density at radius 3 is 2.68 bits per heavy atom. The van der Waals surface area contributed by atoms with E-state index in [1.807, 2.05) is 31.3 Å². The van der Waals surface area contributed by atoms with Gasteiger partial charge in [-0.25, -0.2) is 9.48 Å². The van der Waals surface area contributed by atoms with E-state index < -0.39 is 11.6 Å². The van der Waals surface area contributed by atoms with Gasteiger partial charge in [0.15, 0.2) is 5.69 Å². The number of rotatable bonds is 5. The van der Waals surface area contributed by atoms with Crippen LogP contribution in [0.2, 0.25) is 5.02 Å². The summed E-state index contributed by atoms with van der Waals surface area (Å²) >= 11 is 5.97. The van der Waals surface area contributed by atoms with E-state index in [-0.39, 0.29) is 5.91 Å². The molecule has 5 rings (SSSR count). The maximum absolute atomic E-state index is 13.2. The number of carbonyl (C=O) groups is 2. The number of halogens is 1. The molecule has 1 unspecified atom stereocenters. The minimum absolute atomic E-state index is 0.181. The number of hydrogen-bond acceptors (Lipinski definition) is 5. The highest BCUT2D eigenvalue weighted by molar-refractivity contribution is 6.30. The SMILES string of the molecule is CCc1cc(N2Cc3cn(-c4ccc(Cl)cc4)nc3C2=O)cnc1C1(N(C)C(=O)O)CCNC1. The molecule has 3 aromatic rings. The van der Waals surface area contributed by atoms with Gasteiger partial charge in [0.05, 0.1) is 29.8 Å². The van der Waals surface area contributed by atoms with E-state index in [9.17, 15) is 14.7 Å². The molecule has 2 N–H and O–H groups in total. The summed E-state index contributed by atoms with van der Waals surface area (Å²) < 4.78 is 1.69. The van der Waals surface area contributed by atoms with Crippen molar-refractivity contribution < 1.29 is 14.7 Å². The Balaban J connectivity index is 1.45. The van der Waals surface area contributed by atoms with Crippen molar-refractivity contribution in [2.75, 3.05) is 25.0 Å². The molecular formula is C24H25ClN6O3. The number of nitrogens with one attached hydrogen (secondary N) is 1. The second-order valence-electron chi connectivity index (χ2n) is 8.67. The molecule has 4 heterocycles. The summed E-state index contributed by atoms with van der Waals surface area (Å²) in [6.45, 7) is 3.63. The number of fused-ring (bicyclic) bond motifs is 1. The van der Waals surface area contributed by atoms with Crippen LogP contribution in [0, 0.1) is 0 Å². The van der Waals surface area contributed by atoms with Gasteiger partial charge in [0, 0.05) is 30.4 Å². The first kappa shape index (κ1) is 22.4. The Bertz CT molecular complexity index is 1270. The van der Waals surface area contributed by atoms with E-state index in [2.05, 4.69) is 10.4 Å². The maximum Gasteiger partial charge on any atom is 0.407 e. The van der Waals surface area contributed by atoms with Crippen LogP contribution in [0.3, 0.4) is 0 Å². The third-order valence-electron chi connectivity index (χ3n) is 6.80. The second kappa shape index (κ2) is 8.41. The summed E-state index contributed by atoms with van der Waals surface area (Å²) in [7, 11) is 1.59. The van der Waals surface area contributed by atoms with Gasteiger partial charge in [-0.2, -0.15) is 5.10 Å². The topological polar surface area (TPSA) is 104 Å². The van der Waals surface area contributed by atoms with Gasteiger partial charge in [-0.1, -0.05) is 18.5 Å². The monoisotopic (exact) mass is 480 g/mol. The summed E-state index contributed by atoms with van der Waals surface area (Å²) in [6.07, 6.45) is 3.85. The molecule has 176 valence electrons. The van der Waals surface area contributed by atoms with E-state index in [4.69, 9.17) is 16.6 Å². The number of anilines is 1. The van der Waals surface area contributed by atoms with Crippen LogP contribution in [0.1, 0.15) is 40.7 Å². The highest BCUT2D eigenvalue weighted by atomic mass is 35.5. The fourth-order valence-corrected chi connectivity index (χ4v) is 4.98. The van der Waals surface area contributed by atoms with Crippen LogP contribution < -0.4 is 10.2 Å². The number of carbonyl (C=O) groups excluding carboxylic acids is 1. The van der Waals surface area contributed by atoms with Gasteiger partial charge >= 0.3 is 6.09 Å². The van der Waals surface area contributed by atoms with E-state index in [1.165, 1.54) is 4.90 Å². The van der Waals surface area contributed by atoms with Crippen molar-refractivity contribution in [2.24, 2.45) is 0 Å². The molecule has 9 nitrogen and oxygen atoms in total. The molecule has 2 aromatic heterocycles. The smallest absolute Gasteiger partial charge is 0.407 e. The number of pyridine rings is 1. The molecule has 1 saturated heterocycles. The molecule has 0 spiro atoms. The maximum atomic E-state index is 13.2. The highest BCUT2D eigenvalue weighted by Crippen LogP contribution is 2.37. The Morgan fingerprint density at radius 2 is 2.06 bits per heavy atom. The number of nitrogens with zero attached hydrogens (tertiary/aromatic N) is 5. The molecule has 0 saturated carbocycles. The van der Waals surface area contributed by atoms with Gasteiger partial charge in [-0.05, 0) is 55.3 Å². The Morgan fingerprint density at radius 1 is 1.29 bits per heavy atom. The van der Waals surface area contributed by atoms with Crippen molar-refractivity contribution in [2.45, 2.75) is 31.8 Å². The van der Waals surface area contributed by atoms with Crippen LogP contribution in [0.25, 0.3) is 5.69 Å². The van der Waals surface area contributed by atoms with E-state index >= 15 is 0 Å². The number of aryl methyl sites for hydroxylation is 1. The minimum Gasteiger partial charge on any atom is -0.465 e. The molecular weight excluding hydrogens is 456 g/mol. The van der Waals surface area contributed by atoms with Gasteiger partial charge in [0.25, 0.3) is 5.91 Å². The summed E-state index contributed by atoms with van der Waals surface area (Å²) in [5.41, 5.74) is 3.70. The van der Waals surface area contributed by atoms with Crippen LogP contribution in [0.15, 0.2) is 42.7 Å². The van der Waals surface area contributed by atoms with Crippen molar-refractivity contribution in [3.05, 3.63) is 70.3 Å². The first-order chi connectivity index (χ1) is 16.3. The predicted octanol–water partition coefficient (Wildman–Crippen LogP) is 3.44. The van der Waals surface area contributed by atoms with Crippen molar-refractivity contribution >= 4 is 29.3 Å². The van der Waals surface area contributed by atoms with E-state index in [1.54, 1.807) is 35.0 Å². The quantitative estimate of drug-likeness (QED) is 0.579. The third kappa shape index (κ3) is 3.52. The summed E-state index contributed by atoms with van der Waals surface area (Å²) in [4.78, 5) is 32.8. The number of hydrogen-bond donors (Lipinski definition) is 2. The molecule has 1 aromatic carbocycles. The number of likely N-dealkylation sites (N-methyl/N-ethyl adjacent to an activating group) is 1. The normalized spacial score (nSPS) is 19.5. The van der Waals surface area contributed by atoms with Crippen molar-refractivity contribution in [1.82, 2.24) is 25.0 Å². The largest absolute Gasteiger partial charge is 0.465 e. The third-order valence-corrected chi connectivity index (χ3v) is 7.06. The van der Waals surface area contributed by atoms with Gasteiger partial charge in [-0.15, -0.1) is 0 Å². The Labute approximate surface area is 202 Å². The fraction of sp³-hybridized carbons (Fsp3) is 0.333. The molecule has 0 aliphatic carbocycles. The van der Waals surface area contributed by atoms with Gasteiger partial charge < -0.3 is 15.3 Å². The average Bonchev–Trinajstić information content (AvgIpc) is 3.56. The Hall–Kier alpha value is -3.43. The van der Waals surface area contributed by atoms with Gasteiger partial charge in [0.2, 0.25) is 0 Å². The van der Waals surface area contributed by atoms with Crippen LogP contribution in [0.4, 0.5) is 10.5 Å². The molecule has 0 bridgehead atoms. The fourth-order valence-electron chi connectivity index (χ4n) is 4.85. The lowest BCUT2D eigenvalue weighted by atomic mass is 9.87. The van der Waals surface area contributed by atoms with Gasteiger partial charge in [0.1, 0.15) is 5.54 Å². The van der Waals surface area contributed by atoms with Crippen molar-refractivity contribution in [3.8, 4) is 5.69 Å². The van der Waals surface area contributed by atoms with Gasteiger partial charge in [-0.3, -0.25) is 14.7 Å². The standard InChI is InChI=1S/C24H25ClN6O3/c1-3-15-10-19(11-27-21(15)24(8-9-26-14-24)29(2)23(33)34)30-12-16-13-31(28-20(16)22(30)32)18-6-4-17(25)5-7-18/h4-7,10-11,13,26H,3,8-9,12,14H2,1-2H3,(H,33,34). The number of carboxylic acid groups (broad SMARTS) is 1. The second-order valence-corrected chi connectivity index (χ2v) is 9.11. The van der Waals surface area contributed by atoms with Crippen LogP contribution >= 0.6 is 11.6 Å². The first-order valence-electron chi connectivity index (χ1n) is 11.2. The number of benzene rings is 1. The van der Waals surface area contributed by atoms with Crippen LogP contribution in [0.5, 0.6) is 0 Å². The van der Waals surface area contributed by atoms with Crippen molar-refractivity contribution in [3.63, 3.8) is 0 Å². The molecule has 0 radical (unpaired) electrons. The zero-order valence-electron chi connectivity index (χ0n) is 19.0. The van der Waals surface area contributed by atoms with E-state index in [0.717, 1.165) is 22.5 Å². The lowest BCUT2D eigenvalue weighted by Gasteiger charge is -2.37. The lowest BCUT2D eigenvalue weighted by Crippen LogP contribution is -2.49.